The van der Waals surface area contributed by atoms with Gasteiger partial charge in [0.2, 0.25) is 0 Å². The first-order valence-electron chi connectivity index (χ1n) is 10.1. The number of aryl methyl sites for hydroxylation is 1. The largest absolute Gasteiger partial charge is 0.493 e. The summed E-state index contributed by atoms with van der Waals surface area (Å²) in [5, 5.41) is 4.11. The Bertz CT molecular complexity index is 784. The molecule has 1 amide bonds. The highest BCUT2D eigenvalue weighted by molar-refractivity contribution is 5.92. The molecule has 2 aliphatic rings. The molecule has 0 aliphatic carbocycles. The maximum atomic E-state index is 12.7. The van der Waals surface area contributed by atoms with Crippen LogP contribution in [0, 0.1) is 5.92 Å². The Morgan fingerprint density at radius 3 is 2.75 bits per heavy atom. The van der Waals surface area contributed by atoms with Gasteiger partial charge in [-0.15, -0.1) is 0 Å². The smallest absolute Gasteiger partial charge is 0.272 e. The number of ether oxygens (including phenoxy) is 2. The van der Waals surface area contributed by atoms with Gasteiger partial charge >= 0.3 is 0 Å². The average Bonchev–Trinajstić information content (AvgIpc) is 3.15. The number of pyridine rings is 1. The zero-order valence-corrected chi connectivity index (χ0v) is 16.4. The summed E-state index contributed by atoms with van der Waals surface area (Å²) in [5.74, 6) is 1.54. The Kier molecular flexibility index (Phi) is 5.62. The molecule has 1 spiro atoms. The van der Waals surface area contributed by atoms with E-state index >= 15 is 0 Å². The van der Waals surface area contributed by atoms with Crippen LogP contribution in [0.1, 0.15) is 42.6 Å². The van der Waals surface area contributed by atoms with Crippen molar-refractivity contribution in [2.45, 2.75) is 37.7 Å². The van der Waals surface area contributed by atoms with Crippen molar-refractivity contribution in [3.8, 4) is 5.75 Å². The molecule has 2 aromatic rings. The molecule has 0 N–H and O–H groups in total. The first-order chi connectivity index (χ1) is 13.7. The number of amides is 1. The molecule has 150 valence electrons. The van der Waals surface area contributed by atoms with Crippen molar-refractivity contribution in [1.82, 2.24) is 19.7 Å². The van der Waals surface area contributed by atoms with E-state index in [9.17, 15) is 4.79 Å². The lowest BCUT2D eigenvalue weighted by Gasteiger charge is -2.46. The van der Waals surface area contributed by atoms with Gasteiger partial charge in [-0.3, -0.25) is 14.5 Å². The third-order valence-corrected chi connectivity index (χ3v) is 6.04. The molecule has 2 aliphatic heterocycles. The summed E-state index contributed by atoms with van der Waals surface area (Å²) in [4.78, 5) is 18.6. The van der Waals surface area contributed by atoms with Crippen molar-refractivity contribution in [3.05, 3.63) is 42.5 Å². The van der Waals surface area contributed by atoms with E-state index in [1.807, 2.05) is 24.1 Å². The van der Waals surface area contributed by atoms with Gasteiger partial charge in [-0.2, -0.15) is 5.10 Å². The number of rotatable bonds is 5. The highest BCUT2D eigenvalue weighted by atomic mass is 16.5. The van der Waals surface area contributed by atoms with E-state index in [0.29, 0.717) is 11.6 Å². The summed E-state index contributed by atoms with van der Waals surface area (Å²) in [6, 6.07) is 5.56. The fourth-order valence-electron chi connectivity index (χ4n) is 4.36. The number of carbonyl (C=O) groups is 1. The highest BCUT2D eigenvalue weighted by Gasteiger charge is 2.41. The van der Waals surface area contributed by atoms with Crippen molar-refractivity contribution in [2.24, 2.45) is 13.0 Å². The summed E-state index contributed by atoms with van der Waals surface area (Å²) in [7, 11) is 1.81. The number of hydrogen-bond acceptors (Lipinski definition) is 5. The maximum Gasteiger partial charge on any atom is 0.272 e. The van der Waals surface area contributed by atoms with E-state index in [2.05, 4.69) is 10.1 Å². The van der Waals surface area contributed by atoms with Gasteiger partial charge in [-0.1, -0.05) is 0 Å². The summed E-state index contributed by atoms with van der Waals surface area (Å²) in [5.41, 5.74) is 0.565. The van der Waals surface area contributed by atoms with E-state index in [0.717, 1.165) is 64.2 Å². The van der Waals surface area contributed by atoms with E-state index in [1.54, 1.807) is 29.3 Å². The number of piperidine rings is 1. The fourth-order valence-corrected chi connectivity index (χ4v) is 4.36. The minimum Gasteiger partial charge on any atom is -0.493 e. The Hall–Kier alpha value is -2.41. The normalized spacial score (nSPS) is 21.6. The predicted octanol–water partition coefficient (Wildman–Crippen LogP) is 2.69. The lowest BCUT2D eigenvalue weighted by atomic mass is 9.78. The highest BCUT2D eigenvalue weighted by Crippen LogP contribution is 2.39. The van der Waals surface area contributed by atoms with Crippen molar-refractivity contribution in [1.29, 1.82) is 0 Å². The second kappa shape index (κ2) is 8.31. The van der Waals surface area contributed by atoms with E-state index in [4.69, 9.17) is 9.47 Å². The molecule has 1 atom stereocenters. The number of carbonyl (C=O) groups excluding carboxylic acids is 1. The third kappa shape index (κ3) is 4.19. The molecule has 7 heteroatoms. The summed E-state index contributed by atoms with van der Waals surface area (Å²) in [6.07, 6.45) is 10.1. The van der Waals surface area contributed by atoms with Gasteiger partial charge in [0.15, 0.2) is 0 Å². The first kappa shape index (κ1) is 18.9. The van der Waals surface area contributed by atoms with Crippen LogP contribution in [0.2, 0.25) is 0 Å². The number of aromatic nitrogens is 3. The molecule has 0 aromatic carbocycles. The molecule has 28 heavy (non-hydrogen) atoms. The maximum absolute atomic E-state index is 12.7. The van der Waals surface area contributed by atoms with Crippen molar-refractivity contribution in [2.75, 3.05) is 26.3 Å². The molecule has 0 radical (unpaired) electrons. The molecule has 2 aromatic heterocycles. The topological polar surface area (TPSA) is 69.5 Å². The van der Waals surface area contributed by atoms with Gasteiger partial charge in [0, 0.05) is 45.3 Å². The van der Waals surface area contributed by atoms with E-state index in [-0.39, 0.29) is 11.5 Å². The minimum absolute atomic E-state index is 0.0629. The zero-order valence-electron chi connectivity index (χ0n) is 16.4. The molecule has 0 bridgehead atoms. The number of likely N-dealkylation sites (tertiary alicyclic amines) is 1. The standard InChI is InChI=1S/C21H28N4O3/c1-24-19(4-11-23-24)20(26)25-12-7-21(8-13-25)16-17(6-15-28-21)5-14-27-18-2-9-22-10-3-18/h2-4,9-11,17H,5-8,12-16H2,1H3. The van der Waals surface area contributed by atoms with E-state index < -0.39 is 0 Å². The second-order valence-electron chi connectivity index (χ2n) is 7.84. The van der Waals surface area contributed by atoms with Gasteiger partial charge in [0.05, 0.1) is 12.2 Å². The molecule has 1 unspecified atom stereocenters. The van der Waals surface area contributed by atoms with Gasteiger partial charge < -0.3 is 14.4 Å². The van der Waals surface area contributed by atoms with Crippen LogP contribution in [0.5, 0.6) is 5.75 Å². The summed E-state index contributed by atoms with van der Waals surface area (Å²) >= 11 is 0. The lowest BCUT2D eigenvalue weighted by Crippen LogP contribution is -2.51. The first-order valence-corrected chi connectivity index (χ1v) is 10.1. The van der Waals surface area contributed by atoms with Gasteiger partial charge in [0.1, 0.15) is 11.4 Å². The Balaban J connectivity index is 1.27. The van der Waals surface area contributed by atoms with E-state index in [1.165, 1.54) is 0 Å². The average molecular weight is 384 g/mol. The molecular weight excluding hydrogens is 356 g/mol. The molecule has 4 heterocycles. The van der Waals surface area contributed by atoms with Crippen LogP contribution in [-0.4, -0.2) is 57.5 Å². The summed E-state index contributed by atoms with van der Waals surface area (Å²) < 4.78 is 13.7. The van der Waals surface area contributed by atoms with Crippen molar-refractivity contribution in [3.63, 3.8) is 0 Å². The van der Waals surface area contributed by atoms with Crippen LogP contribution in [0.3, 0.4) is 0 Å². The quantitative estimate of drug-likeness (QED) is 0.793. The Morgan fingerprint density at radius 2 is 2.04 bits per heavy atom. The number of hydrogen-bond donors (Lipinski definition) is 0. The number of nitrogens with zero attached hydrogens (tertiary/aromatic N) is 4. The van der Waals surface area contributed by atoms with Crippen molar-refractivity contribution >= 4 is 5.91 Å². The molecule has 4 rings (SSSR count). The predicted molar refractivity (Wildman–Crippen MR) is 104 cm³/mol. The Morgan fingerprint density at radius 1 is 1.25 bits per heavy atom. The Labute approximate surface area is 165 Å². The summed E-state index contributed by atoms with van der Waals surface area (Å²) in [6.45, 7) is 3.00. The van der Waals surface area contributed by atoms with Gasteiger partial charge in [0.25, 0.3) is 5.91 Å². The SMILES string of the molecule is Cn1nccc1C(=O)N1CCC2(CC1)CC(CCOc1ccncc1)CCO2. The molecule has 0 saturated carbocycles. The second-order valence-corrected chi connectivity index (χ2v) is 7.84. The molecule has 7 nitrogen and oxygen atoms in total. The monoisotopic (exact) mass is 384 g/mol. The molecule has 2 fully saturated rings. The van der Waals surface area contributed by atoms with Crippen LogP contribution >= 0.6 is 0 Å². The third-order valence-electron chi connectivity index (χ3n) is 6.04. The van der Waals surface area contributed by atoms with Gasteiger partial charge in [-0.25, -0.2) is 0 Å². The lowest BCUT2D eigenvalue weighted by molar-refractivity contribution is -0.125. The van der Waals surface area contributed by atoms with Crippen LogP contribution in [0.25, 0.3) is 0 Å². The minimum atomic E-state index is -0.0805. The zero-order chi connectivity index (χ0) is 19.4. The van der Waals surface area contributed by atoms with Crippen LogP contribution < -0.4 is 4.74 Å². The molecular formula is C21H28N4O3. The van der Waals surface area contributed by atoms with Crippen molar-refractivity contribution < 1.29 is 14.3 Å². The van der Waals surface area contributed by atoms with Crippen LogP contribution in [0.15, 0.2) is 36.8 Å². The van der Waals surface area contributed by atoms with Crippen LogP contribution in [0.4, 0.5) is 0 Å². The fraction of sp³-hybridized carbons (Fsp3) is 0.571. The van der Waals surface area contributed by atoms with Crippen LogP contribution in [-0.2, 0) is 11.8 Å². The van der Waals surface area contributed by atoms with Gasteiger partial charge in [-0.05, 0) is 56.2 Å². The molecule has 2 saturated heterocycles.